The number of hydrogen-bond donors (Lipinski definition) is 1. The van der Waals surface area contributed by atoms with Crippen LogP contribution in [0, 0.1) is 13.8 Å². The molecule has 1 aliphatic heterocycles. The standard InChI is InChI=1S/C19H20N2O4S/c1-13-8-9-15(12-14(13)2)20-19(23)17-10-11-18(22)21(17)26(24,25)16-6-4-3-5-7-16/h3-9,12,17H,10-11H2,1-2H3,(H,20,23)/t17-/m0/s1. The first-order valence-electron chi connectivity index (χ1n) is 8.31. The van der Waals surface area contributed by atoms with Crippen LogP contribution in [-0.4, -0.2) is 30.6 Å². The third-order valence-electron chi connectivity index (χ3n) is 4.54. The zero-order valence-corrected chi connectivity index (χ0v) is 15.4. The Labute approximate surface area is 152 Å². The Morgan fingerprint density at radius 2 is 1.77 bits per heavy atom. The largest absolute Gasteiger partial charge is 0.324 e. The zero-order valence-electron chi connectivity index (χ0n) is 14.6. The summed E-state index contributed by atoms with van der Waals surface area (Å²) in [6.07, 6.45) is 0.193. The minimum Gasteiger partial charge on any atom is -0.324 e. The second kappa shape index (κ2) is 6.92. The first-order chi connectivity index (χ1) is 12.3. The highest BCUT2D eigenvalue weighted by atomic mass is 32.2. The summed E-state index contributed by atoms with van der Waals surface area (Å²) in [5.74, 6) is -1.06. The van der Waals surface area contributed by atoms with E-state index in [-0.39, 0.29) is 17.7 Å². The van der Waals surface area contributed by atoms with Crippen molar-refractivity contribution >= 4 is 27.5 Å². The molecule has 6 nitrogen and oxygen atoms in total. The lowest BCUT2D eigenvalue weighted by Crippen LogP contribution is -2.45. The number of nitrogens with zero attached hydrogens (tertiary/aromatic N) is 1. The van der Waals surface area contributed by atoms with Crippen LogP contribution in [0.15, 0.2) is 53.4 Å². The lowest BCUT2D eigenvalue weighted by molar-refractivity contribution is -0.128. The van der Waals surface area contributed by atoms with E-state index in [9.17, 15) is 18.0 Å². The molecule has 0 aromatic heterocycles. The first kappa shape index (κ1) is 18.1. The van der Waals surface area contributed by atoms with Crippen molar-refractivity contribution in [1.82, 2.24) is 4.31 Å². The summed E-state index contributed by atoms with van der Waals surface area (Å²) in [5.41, 5.74) is 2.68. The van der Waals surface area contributed by atoms with Crippen LogP contribution >= 0.6 is 0 Å². The van der Waals surface area contributed by atoms with Crippen molar-refractivity contribution in [3.05, 3.63) is 59.7 Å². The number of sulfonamides is 1. The number of carbonyl (C=O) groups is 2. The van der Waals surface area contributed by atoms with Crippen molar-refractivity contribution in [2.45, 2.75) is 37.6 Å². The van der Waals surface area contributed by atoms with Crippen molar-refractivity contribution in [1.29, 1.82) is 0 Å². The number of carbonyl (C=O) groups excluding carboxylic acids is 2. The van der Waals surface area contributed by atoms with Gasteiger partial charge in [0.15, 0.2) is 0 Å². The van der Waals surface area contributed by atoms with E-state index in [0.29, 0.717) is 5.69 Å². The van der Waals surface area contributed by atoms with Gasteiger partial charge in [-0.15, -0.1) is 0 Å². The Balaban J connectivity index is 1.87. The summed E-state index contributed by atoms with van der Waals surface area (Å²) in [6.45, 7) is 3.89. The van der Waals surface area contributed by atoms with Crippen LogP contribution in [0.25, 0.3) is 0 Å². The molecule has 0 unspecified atom stereocenters. The van der Waals surface area contributed by atoms with E-state index >= 15 is 0 Å². The molecule has 0 radical (unpaired) electrons. The molecule has 0 saturated carbocycles. The van der Waals surface area contributed by atoms with Crippen molar-refractivity contribution < 1.29 is 18.0 Å². The molecule has 0 spiro atoms. The van der Waals surface area contributed by atoms with Crippen LogP contribution in [0.4, 0.5) is 5.69 Å². The zero-order chi connectivity index (χ0) is 18.9. The molecule has 26 heavy (non-hydrogen) atoms. The van der Waals surface area contributed by atoms with Crippen LogP contribution in [0.3, 0.4) is 0 Å². The highest BCUT2D eigenvalue weighted by Crippen LogP contribution is 2.28. The normalized spacial score (nSPS) is 17.4. The molecule has 1 aliphatic rings. The predicted octanol–water partition coefficient (Wildman–Crippen LogP) is 2.62. The average molecular weight is 372 g/mol. The van der Waals surface area contributed by atoms with E-state index in [4.69, 9.17) is 0 Å². The van der Waals surface area contributed by atoms with E-state index in [1.807, 2.05) is 26.0 Å². The number of nitrogens with one attached hydrogen (secondary N) is 1. The van der Waals surface area contributed by atoms with Gasteiger partial charge in [0.2, 0.25) is 11.8 Å². The molecule has 136 valence electrons. The van der Waals surface area contributed by atoms with Crippen LogP contribution in [0.5, 0.6) is 0 Å². The predicted molar refractivity (Wildman–Crippen MR) is 98.0 cm³/mol. The average Bonchev–Trinajstić information content (AvgIpc) is 3.01. The smallest absolute Gasteiger partial charge is 0.267 e. The molecule has 1 fully saturated rings. The van der Waals surface area contributed by atoms with Gasteiger partial charge in [-0.25, -0.2) is 12.7 Å². The molecule has 2 aromatic rings. The molecule has 0 bridgehead atoms. The molecule has 7 heteroatoms. The van der Waals surface area contributed by atoms with Crippen molar-refractivity contribution in [3.8, 4) is 0 Å². The third kappa shape index (κ3) is 3.35. The summed E-state index contributed by atoms with van der Waals surface area (Å²) >= 11 is 0. The van der Waals surface area contributed by atoms with Gasteiger partial charge in [-0.1, -0.05) is 24.3 Å². The van der Waals surface area contributed by atoms with Gasteiger partial charge >= 0.3 is 0 Å². The topological polar surface area (TPSA) is 83.6 Å². The van der Waals surface area contributed by atoms with Crippen molar-refractivity contribution in [2.75, 3.05) is 5.32 Å². The maximum Gasteiger partial charge on any atom is 0.267 e. The van der Waals surface area contributed by atoms with E-state index in [2.05, 4.69) is 5.32 Å². The lowest BCUT2D eigenvalue weighted by Gasteiger charge is -2.23. The van der Waals surface area contributed by atoms with E-state index in [1.165, 1.54) is 12.1 Å². The minimum absolute atomic E-state index is 0.000713. The summed E-state index contributed by atoms with van der Waals surface area (Å²) in [7, 11) is -4.07. The SMILES string of the molecule is Cc1ccc(NC(=O)[C@@H]2CCC(=O)N2S(=O)(=O)c2ccccc2)cc1C. The second-order valence-corrected chi connectivity index (χ2v) is 8.17. The van der Waals surface area contributed by atoms with Gasteiger partial charge < -0.3 is 5.32 Å². The molecular formula is C19H20N2O4S. The Hall–Kier alpha value is -2.67. The van der Waals surface area contributed by atoms with Gasteiger partial charge in [0.1, 0.15) is 6.04 Å². The van der Waals surface area contributed by atoms with Crippen LogP contribution < -0.4 is 5.32 Å². The Kier molecular flexibility index (Phi) is 4.82. The number of amides is 2. The number of rotatable bonds is 4. The maximum atomic E-state index is 12.8. The summed E-state index contributed by atoms with van der Waals surface area (Å²) < 4.78 is 26.4. The Bertz CT molecular complexity index is 955. The molecule has 1 atom stereocenters. The number of benzene rings is 2. The van der Waals surface area contributed by atoms with Crippen molar-refractivity contribution in [3.63, 3.8) is 0 Å². The monoisotopic (exact) mass is 372 g/mol. The number of anilines is 1. The fourth-order valence-corrected chi connectivity index (χ4v) is 4.58. The second-order valence-electron chi connectivity index (χ2n) is 6.35. The molecule has 2 aromatic carbocycles. The Morgan fingerprint density at radius 1 is 1.08 bits per heavy atom. The molecule has 3 rings (SSSR count). The van der Waals surface area contributed by atoms with Crippen LogP contribution in [-0.2, 0) is 19.6 Å². The van der Waals surface area contributed by atoms with E-state index < -0.39 is 27.9 Å². The van der Waals surface area contributed by atoms with Crippen molar-refractivity contribution in [2.24, 2.45) is 0 Å². The number of aryl methyl sites for hydroxylation is 2. The van der Waals surface area contributed by atoms with Gasteiger partial charge in [-0.05, 0) is 55.7 Å². The fourth-order valence-electron chi connectivity index (χ4n) is 2.95. The van der Waals surface area contributed by atoms with E-state index in [1.54, 1.807) is 24.3 Å². The van der Waals surface area contributed by atoms with Crippen LogP contribution in [0.1, 0.15) is 24.0 Å². The lowest BCUT2D eigenvalue weighted by atomic mass is 10.1. The molecular weight excluding hydrogens is 352 g/mol. The minimum atomic E-state index is -4.07. The molecule has 1 heterocycles. The van der Waals surface area contributed by atoms with Gasteiger partial charge in [0.05, 0.1) is 4.90 Å². The first-order valence-corrected chi connectivity index (χ1v) is 9.75. The van der Waals surface area contributed by atoms with Crippen LogP contribution in [0.2, 0.25) is 0 Å². The van der Waals surface area contributed by atoms with Gasteiger partial charge in [0.25, 0.3) is 10.0 Å². The van der Waals surface area contributed by atoms with Gasteiger partial charge in [-0.2, -0.15) is 0 Å². The van der Waals surface area contributed by atoms with Gasteiger partial charge in [0, 0.05) is 12.1 Å². The summed E-state index contributed by atoms with van der Waals surface area (Å²) in [4.78, 5) is 24.9. The maximum absolute atomic E-state index is 12.8. The summed E-state index contributed by atoms with van der Waals surface area (Å²) in [6, 6.07) is 12.1. The third-order valence-corrected chi connectivity index (χ3v) is 6.38. The van der Waals surface area contributed by atoms with Gasteiger partial charge in [-0.3, -0.25) is 9.59 Å². The summed E-state index contributed by atoms with van der Waals surface area (Å²) in [5, 5.41) is 2.73. The highest BCUT2D eigenvalue weighted by molar-refractivity contribution is 7.89. The Morgan fingerprint density at radius 3 is 2.42 bits per heavy atom. The quantitative estimate of drug-likeness (QED) is 0.894. The molecule has 0 aliphatic carbocycles. The molecule has 1 saturated heterocycles. The fraction of sp³-hybridized carbons (Fsp3) is 0.263. The van der Waals surface area contributed by atoms with E-state index in [0.717, 1.165) is 15.4 Å². The highest BCUT2D eigenvalue weighted by Gasteiger charge is 2.44. The molecule has 2 amide bonds. The molecule has 1 N–H and O–H groups in total. The number of hydrogen-bond acceptors (Lipinski definition) is 4.